The lowest BCUT2D eigenvalue weighted by atomic mass is 9.86. The van der Waals surface area contributed by atoms with Crippen LogP contribution in [0, 0.1) is 5.41 Å². The van der Waals surface area contributed by atoms with Crippen LogP contribution in [-0.4, -0.2) is 28.5 Å². The third-order valence-electron chi connectivity index (χ3n) is 3.67. The maximum absolute atomic E-state index is 11.9. The zero-order chi connectivity index (χ0) is 13.9. The summed E-state index contributed by atoms with van der Waals surface area (Å²) in [7, 11) is 0. The Labute approximate surface area is 109 Å². The number of pyridine rings is 1. The highest BCUT2D eigenvalue weighted by Crippen LogP contribution is 2.37. The number of hydrogen-bond donors (Lipinski definition) is 3. The Morgan fingerprint density at radius 2 is 2.05 bits per heavy atom. The fraction of sp³-hybridized carbons (Fsp3) is 0.462. The Hall–Kier alpha value is -2.11. The first-order valence-electron chi connectivity index (χ1n) is 6.24. The predicted octanol–water partition coefficient (Wildman–Crippen LogP) is 0.750. The van der Waals surface area contributed by atoms with Gasteiger partial charge in [0.05, 0.1) is 5.41 Å². The molecule has 0 aliphatic heterocycles. The zero-order valence-electron chi connectivity index (χ0n) is 10.4. The van der Waals surface area contributed by atoms with Gasteiger partial charge in [-0.1, -0.05) is 12.8 Å². The van der Waals surface area contributed by atoms with Gasteiger partial charge in [-0.2, -0.15) is 0 Å². The fourth-order valence-electron chi connectivity index (χ4n) is 2.46. The van der Waals surface area contributed by atoms with Gasteiger partial charge in [-0.05, 0) is 12.8 Å². The van der Waals surface area contributed by atoms with Gasteiger partial charge in [-0.3, -0.25) is 14.4 Å². The number of hydrogen-bond acceptors (Lipinski definition) is 3. The molecule has 1 aromatic rings. The molecule has 1 fully saturated rings. The van der Waals surface area contributed by atoms with Gasteiger partial charge in [0, 0.05) is 25.0 Å². The number of nitrogens with one attached hydrogen (secondary N) is 2. The monoisotopic (exact) mass is 264 g/mol. The number of carboxylic acids is 1. The zero-order valence-corrected chi connectivity index (χ0v) is 10.4. The molecule has 0 bridgehead atoms. The molecule has 0 aromatic carbocycles. The molecule has 1 heterocycles. The van der Waals surface area contributed by atoms with Gasteiger partial charge in [0.25, 0.3) is 5.91 Å². The van der Waals surface area contributed by atoms with Crippen LogP contribution in [0.2, 0.25) is 0 Å². The molecule has 0 spiro atoms. The number of aromatic nitrogens is 1. The molecular formula is C13H16N2O4. The molecule has 0 saturated heterocycles. The first kappa shape index (κ1) is 13.3. The first-order chi connectivity index (χ1) is 9.05. The minimum absolute atomic E-state index is 0.000959. The normalized spacial score (nSPS) is 17.1. The topological polar surface area (TPSA) is 99.3 Å². The highest BCUT2D eigenvalue weighted by molar-refractivity contribution is 5.94. The summed E-state index contributed by atoms with van der Waals surface area (Å²) in [5.74, 6) is -1.42. The SMILES string of the molecule is O=C(NCC1(C(=O)O)CCCC1)c1c[nH]ccc1=O. The van der Waals surface area contributed by atoms with Crippen LogP contribution in [0.1, 0.15) is 36.0 Å². The van der Waals surface area contributed by atoms with E-state index in [-0.39, 0.29) is 17.5 Å². The van der Waals surface area contributed by atoms with Crippen molar-refractivity contribution in [1.82, 2.24) is 10.3 Å². The van der Waals surface area contributed by atoms with Gasteiger partial charge in [-0.25, -0.2) is 0 Å². The number of H-pyrrole nitrogens is 1. The fourth-order valence-corrected chi connectivity index (χ4v) is 2.46. The number of carboxylic acid groups (broad SMARTS) is 1. The van der Waals surface area contributed by atoms with E-state index in [1.54, 1.807) is 0 Å². The molecule has 6 nitrogen and oxygen atoms in total. The van der Waals surface area contributed by atoms with Gasteiger partial charge >= 0.3 is 5.97 Å². The maximum atomic E-state index is 11.9. The van der Waals surface area contributed by atoms with Crippen molar-refractivity contribution < 1.29 is 14.7 Å². The summed E-state index contributed by atoms with van der Waals surface area (Å²) in [6, 6.07) is 1.26. The summed E-state index contributed by atoms with van der Waals surface area (Å²) >= 11 is 0. The quantitative estimate of drug-likeness (QED) is 0.747. The summed E-state index contributed by atoms with van der Waals surface area (Å²) in [5.41, 5.74) is -1.26. The van der Waals surface area contributed by atoms with Crippen molar-refractivity contribution in [3.05, 3.63) is 34.2 Å². The summed E-state index contributed by atoms with van der Waals surface area (Å²) in [6.07, 6.45) is 5.60. The molecule has 2 rings (SSSR count). The second-order valence-electron chi connectivity index (χ2n) is 4.90. The molecule has 0 unspecified atom stereocenters. The lowest BCUT2D eigenvalue weighted by Gasteiger charge is -2.23. The van der Waals surface area contributed by atoms with E-state index in [1.807, 2.05) is 0 Å². The Bertz CT molecular complexity index is 544. The molecule has 1 amide bonds. The average molecular weight is 264 g/mol. The minimum Gasteiger partial charge on any atom is -0.481 e. The van der Waals surface area contributed by atoms with E-state index in [0.29, 0.717) is 12.8 Å². The van der Waals surface area contributed by atoms with Crippen molar-refractivity contribution in [3.63, 3.8) is 0 Å². The van der Waals surface area contributed by atoms with Gasteiger partial charge in [0.2, 0.25) is 0 Å². The van der Waals surface area contributed by atoms with Crippen LogP contribution in [-0.2, 0) is 4.79 Å². The lowest BCUT2D eigenvalue weighted by molar-refractivity contribution is -0.148. The molecule has 3 N–H and O–H groups in total. The van der Waals surface area contributed by atoms with Crippen molar-refractivity contribution in [2.75, 3.05) is 6.54 Å². The smallest absolute Gasteiger partial charge is 0.311 e. The molecule has 1 aromatic heterocycles. The minimum atomic E-state index is -0.882. The van der Waals surface area contributed by atoms with E-state index in [4.69, 9.17) is 0 Å². The van der Waals surface area contributed by atoms with E-state index in [0.717, 1.165) is 12.8 Å². The van der Waals surface area contributed by atoms with Crippen LogP contribution in [0.3, 0.4) is 0 Å². The van der Waals surface area contributed by atoms with Gasteiger partial charge in [-0.15, -0.1) is 0 Å². The maximum Gasteiger partial charge on any atom is 0.311 e. The molecule has 1 aliphatic rings. The van der Waals surface area contributed by atoms with Crippen molar-refractivity contribution in [1.29, 1.82) is 0 Å². The second-order valence-corrected chi connectivity index (χ2v) is 4.90. The van der Waals surface area contributed by atoms with Crippen LogP contribution in [0.25, 0.3) is 0 Å². The second kappa shape index (κ2) is 5.26. The molecule has 102 valence electrons. The number of carbonyl (C=O) groups excluding carboxylic acids is 1. The number of amides is 1. The van der Waals surface area contributed by atoms with Crippen molar-refractivity contribution in [3.8, 4) is 0 Å². The summed E-state index contributed by atoms with van der Waals surface area (Å²) in [6.45, 7) is 0.0650. The number of aliphatic carboxylic acids is 1. The summed E-state index contributed by atoms with van der Waals surface area (Å²) < 4.78 is 0. The van der Waals surface area contributed by atoms with E-state index >= 15 is 0 Å². The van der Waals surface area contributed by atoms with E-state index in [9.17, 15) is 19.5 Å². The summed E-state index contributed by atoms with van der Waals surface area (Å²) in [4.78, 5) is 37.3. The van der Waals surface area contributed by atoms with Crippen molar-refractivity contribution in [2.45, 2.75) is 25.7 Å². The largest absolute Gasteiger partial charge is 0.481 e. The Morgan fingerprint density at radius 1 is 1.37 bits per heavy atom. The number of rotatable bonds is 4. The highest BCUT2D eigenvalue weighted by Gasteiger charge is 2.41. The molecule has 19 heavy (non-hydrogen) atoms. The van der Waals surface area contributed by atoms with Gasteiger partial charge < -0.3 is 15.4 Å². The Balaban J connectivity index is 2.06. The molecule has 0 radical (unpaired) electrons. The Kier molecular flexibility index (Phi) is 3.69. The Morgan fingerprint density at radius 3 is 2.63 bits per heavy atom. The van der Waals surface area contributed by atoms with E-state index in [2.05, 4.69) is 10.3 Å². The van der Waals surface area contributed by atoms with Gasteiger partial charge in [0.1, 0.15) is 5.56 Å². The van der Waals surface area contributed by atoms with Gasteiger partial charge in [0.15, 0.2) is 5.43 Å². The molecule has 1 saturated carbocycles. The first-order valence-corrected chi connectivity index (χ1v) is 6.24. The van der Waals surface area contributed by atoms with Crippen LogP contribution < -0.4 is 10.7 Å². The van der Waals surface area contributed by atoms with Crippen molar-refractivity contribution >= 4 is 11.9 Å². The third kappa shape index (κ3) is 2.67. The lowest BCUT2D eigenvalue weighted by Crippen LogP contribution is -2.42. The highest BCUT2D eigenvalue weighted by atomic mass is 16.4. The van der Waals surface area contributed by atoms with Crippen LogP contribution >= 0.6 is 0 Å². The molecule has 6 heteroatoms. The third-order valence-corrected chi connectivity index (χ3v) is 3.67. The number of aromatic amines is 1. The van der Waals surface area contributed by atoms with E-state index < -0.39 is 17.3 Å². The summed E-state index contributed by atoms with van der Waals surface area (Å²) in [5, 5.41) is 11.8. The molecular weight excluding hydrogens is 248 g/mol. The van der Waals surface area contributed by atoms with E-state index in [1.165, 1.54) is 18.5 Å². The number of carbonyl (C=O) groups is 2. The standard InChI is InChI=1S/C13H16N2O4/c16-10-3-6-14-7-9(10)11(17)15-8-13(12(18)19)4-1-2-5-13/h3,6-7H,1-2,4-5,8H2,(H,14,16)(H,15,17)(H,18,19). The van der Waals surface area contributed by atoms with Crippen LogP contribution in [0.15, 0.2) is 23.3 Å². The van der Waals surface area contributed by atoms with Crippen molar-refractivity contribution in [2.24, 2.45) is 5.41 Å². The average Bonchev–Trinajstić information content (AvgIpc) is 2.86. The molecule has 0 atom stereocenters. The molecule has 1 aliphatic carbocycles. The van der Waals surface area contributed by atoms with Crippen LogP contribution in [0.4, 0.5) is 0 Å². The predicted molar refractivity (Wildman–Crippen MR) is 67.9 cm³/mol. The van der Waals surface area contributed by atoms with Crippen LogP contribution in [0.5, 0.6) is 0 Å².